The Morgan fingerprint density at radius 3 is 2.58 bits per heavy atom. The smallest absolute Gasteiger partial charge is 0.380 e. The second-order valence-electron chi connectivity index (χ2n) is 11.9. The van der Waals surface area contributed by atoms with Crippen molar-refractivity contribution in [3.05, 3.63) is 118 Å². The lowest BCUT2D eigenvalue weighted by atomic mass is 10.1. The average Bonchev–Trinajstić information content (AvgIpc) is 3.09. The Labute approximate surface area is 284 Å². The molecular formula is C36H32F4N8O2. The number of pyridine rings is 2. The number of rotatable bonds is 8. The number of amides is 1. The number of halogens is 4. The summed E-state index contributed by atoms with van der Waals surface area (Å²) in [4.78, 5) is 40.1. The van der Waals surface area contributed by atoms with Gasteiger partial charge in [-0.1, -0.05) is 17.9 Å². The van der Waals surface area contributed by atoms with Gasteiger partial charge in [-0.2, -0.15) is 13.2 Å². The first-order valence-electron chi connectivity index (χ1n) is 15.8. The molecule has 3 aromatic heterocycles. The van der Waals surface area contributed by atoms with Crippen LogP contribution in [0.25, 0.3) is 10.9 Å². The van der Waals surface area contributed by atoms with Gasteiger partial charge < -0.3 is 25.4 Å². The summed E-state index contributed by atoms with van der Waals surface area (Å²) in [7, 11) is 2.08. The van der Waals surface area contributed by atoms with E-state index in [-0.39, 0.29) is 30.5 Å². The Morgan fingerprint density at radius 1 is 1.02 bits per heavy atom. The molecule has 1 amide bonds. The Balaban J connectivity index is 1.03. The predicted molar refractivity (Wildman–Crippen MR) is 182 cm³/mol. The number of fused-ring (bicyclic) bond motifs is 1. The average molecular weight is 685 g/mol. The fraction of sp³-hybridized carbons (Fsp3) is 0.250. The van der Waals surface area contributed by atoms with Gasteiger partial charge in [0.15, 0.2) is 0 Å². The van der Waals surface area contributed by atoms with Crippen molar-refractivity contribution in [2.24, 2.45) is 0 Å². The van der Waals surface area contributed by atoms with E-state index in [4.69, 9.17) is 0 Å². The lowest BCUT2D eigenvalue weighted by Crippen LogP contribution is -2.36. The first-order valence-corrected chi connectivity index (χ1v) is 15.8. The molecule has 1 fully saturated rings. The molecule has 256 valence electrons. The Hall–Kier alpha value is -5.81. The first kappa shape index (κ1) is 34.1. The summed E-state index contributed by atoms with van der Waals surface area (Å²) in [5.41, 5.74) is 0.878. The van der Waals surface area contributed by atoms with Crippen LogP contribution in [0.1, 0.15) is 40.0 Å². The summed E-state index contributed by atoms with van der Waals surface area (Å²) >= 11 is 0. The summed E-state index contributed by atoms with van der Waals surface area (Å²) < 4.78 is 54.4. The molecule has 0 aliphatic carbocycles. The van der Waals surface area contributed by atoms with Crippen LogP contribution in [0.15, 0.2) is 84.0 Å². The molecule has 6 rings (SSSR count). The summed E-state index contributed by atoms with van der Waals surface area (Å²) in [6.45, 7) is 1.85. The van der Waals surface area contributed by atoms with E-state index in [1.54, 1.807) is 36.5 Å². The molecule has 1 aliphatic heterocycles. The number of piperidine rings is 1. The van der Waals surface area contributed by atoms with Gasteiger partial charge in [0.25, 0.3) is 11.5 Å². The maximum absolute atomic E-state index is 14.9. The number of carbonyl (C=O) groups is 1. The molecule has 5 aromatic rings. The lowest BCUT2D eigenvalue weighted by Gasteiger charge is -2.30. The number of hydrogen-bond donors (Lipinski definition) is 3. The van der Waals surface area contributed by atoms with Crippen molar-refractivity contribution < 1.29 is 22.4 Å². The van der Waals surface area contributed by atoms with Crippen molar-refractivity contribution in [2.45, 2.75) is 31.6 Å². The van der Waals surface area contributed by atoms with E-state index in [1.807, 2.05) is 0 Å². The van der Waals surface area contributed by atoms with Gasteiger partial charge in [-0.15, -0.1) is 0 Å². The van der Waals surface area contributed by atoms with Gasteiger partial charge >= 0.3 is 6.18 Å². The molecule has 1 aliphatic rings. The van der Waals surface area contributed by atoms with Gasteiger partial charge in [0.05, 0.1) is 24.3 Å². The van der Waals surface area contributed by atoms with E-state index in [2.05, 4.69) is 54.7 Å². The van der Waals surface area contributed by atoms with Crippen molar-refractivity contribution in [3.63, 3.8) is 0 Å². The van der Waals surface area contributed by atoms with Gasteiger partial charge in [-0.3, -0.25) is 14.6 Å². The summed E-state index contributed by atoms with van der Waals surface area (Å²) in [6.07, 6.45) is 1.47. The van der Waals surface area contributed by atoms with E-state index in [0.29, 0.717) is 34.0 Å². The molecule has 0 radical (unpaired) electrons. The zero-order valence-corrected chi connectivity index (χ0v) is 26.9. The van der Waals surface area contributed by atoms with Gasteiger partial charge in [0.1, 0.15) is 17.1 Å². The molecule has 0 saturated carbocycles. The van der Waals surface area contributed by atoms with Crippen LogP contribution in [-0.4, -0.2) is 63.0 Å². The molecule has 0 unspecified atom stereocenters. The number of aromatic nitrogens is 4. The van der Waals surface area contributed by atoms with Crippen LogP contribution < -0.4 is 21.5 Å². The Morgan fingerprint density at radius 2 is 1.84 bits per heavy atom. The maximum Gasteiger partial charge on any atom is 0.433 e. The van der Waals surface area contributed by atoms with Crippen LogP contribution in [0.4, 0.5) is 34.9 Å². The molecule has 50 heavy (non-hydrogen) atoms. The molecule has 3 N–H and O–H groups in total. The van der Waals surface area contributed by atoms with Crippen LogP contribution in [-0.2, 0) is 12.7 Å². The lowest BCUT2D eigenvalue weighted by molar-refractivity contribution is -0.141. The second kappa shape index (κ2) is 14.8. The van der Waals surface area contributed by atoms with Crippen LogP contribution >= 0.6 is 0 Å². The number of nitrogens with zero attached hydrogens (tertiary/aromatic N) is 5. The number of alkyl halides is 3. The van der Waals surface area contributed by atoms with Crippen LogP contribution in [0, 0.1) is 17.7 Å². The molecule has 4 heterocycles. The second-order valence-corrected chi connectivity index (χ2v) is 11.9. The molecule has 0 atom stereocenters. The number of benzene rings is 2. The highest BCUT2D eigenvalue weighted by Crippen LogP contribution is 2.27. The number of likely N-dealkylation sites (tertiary alicyclic amines) is 1. The highest BCUT2D eigenvalue weighted by atomic mass is 19.4. The zero-order chi connectivity index (χ0) is 35.3. The van der Waals surface area contributed by atoms with Gasteiger partial charge in [0, 0.05) is 41.3 Å². The summed E-state index contributed by atoms with van der Waals surface area (Å²) in [6, 6.07) is 15.4. The van der Waals surface area contributed by atoms with Crippen molar-refractivity contribution in [2.75, 3.05) is 37.3 Å². The Bertz CT molecular complexity index is 2130. The van der Waals surface area contributed by atoms with Crippen LogP contribution in [0.3, 0.4) is 0 Å². The first-order chi connectivity index (χ1) is 24.0. The van der Waals surface area contributed by atoms with Crippen molar-refractivity contribution in [1.29, 1.82) is 0 Å². The highest BCUT2D eigenvalue weighted by molar-refractivity contribution is 5.94. The van der Waals surface area contributed by atoms with E-state index in [9.17, 15) is 27.2 Å². The fourth-order valence-corrected chi connectivity index (χ4v) is 5.47. The minimum absolute atomic E-state index is 0.0454. The minimum atomic E-state index is -4.57. The van der Waals surface area contributed by atoms with Gasteiger partial charge in [-0.25, -0.2) is 14.4 Å². The third kappa shape index (κ3) is 8.42. The van der Waals surface area contributed by atoms with Gasteiger partial charge in [0.2, 0.25) is 5.95 Å². The number of anilines is 3. The van der Waals surface area contributed by atoms with E-state index < -0.39 is 23.3 Å². The maximum atomic E-state index is 14.9. The zero-order valence-electron chi connectivity index (χ0n) is 26.9. The van der Waals surface area contributed by atoms with E-state index >= 15 is 0 Å². The van der Waals surface area contributed by atoms with Crippen LogP contribution in [0.2, 0.25) is 0 Å². The normalized spacial score (nSPS) is 13.8. The molecule has 10 nitrogen and oxygen atoms in total. The molecule has 2 aromatic carbocycles. The molecule has 1 saturated heterocycles. The minimum Gasteiger partial charge on any atom is -0.380 e. The molecule has 14 heteroatoms. The number of nitrogens with one attached hydrogen (secondary N) is 3. The largest absolute Gasteiger partial charge is 0.433 e. The standard InChI is InChI=1S/C36H32F4N8O2/c1-47-16-12-26(13-17-47)44-31-10-8-27(19-29(31)37)45-35-43-21-25-18-23(6-9-30(25)46-35)4-2-14-41-33(49)28-5-3-15-48(34(28)50)22-24-7-11-32(42-20-24)36(38,39)40/h3,5-11,15,18-21,26,44H,12-14,16-17,22H2,1H3,(H,41,49)(H,43,45,46). The third-order valence-electron chi connectivity index (χ3n) is 8.19. The molecule has 0 bridgehead atoms. The predicted octanol–water partition coefficient (Wildman–Crippen LogP) is 5.42. The summed E-state index contributed by atoms with van der Waals surface area (Å²) in [5, 5.41) is 9.68. The topological polar surface area (TPSA) is 117 Å². The van der Waals surface area contributed by atoms with Crippen LogP contribution in [0.5, 0.6) is 0 Å². The fourth-order valence-electron chi connectivity index (χ4n) is 5.47. The van der Waals surface area contributed by atoms with Crippen molar-refractivity contribution >= 4 is 34.1 Å². The number of hydrogen-bond acceptors (Lipinski definition) is 8. The highest BCUT2D eigenvalue weighted by Gasteiger charge is 2.32. The molecular weight excluding hydrogens is 652 g/mol. The van der Waals surface area contributed by atoms with Crippen molar-refractivity contribution in [1.82, 2.24) is 29.7 Å². The van der Waals surface area contributed by atoms with Gasteiger partial charge in [-0.05, 0) is 93.1 Å². The van der Waals surface area contributed by atoms with E-state index in [1.165, 1.54) is 35.0 Å². The number of carbonyl (C=O) groups excluding carboxylic acids is 1. The van der Waals surface area contributed by atoms with Crippen molar-refractivity contribution in [3.8, 4) is 11.8 Å². The van der Waals surface area contributed by atoms with E-state index in [0.717, 1.165) is 43.6 Å². The SMILES string of the molecule is CN1CCC(Nc2ccc(Nc3ncc4cc(C#CCNC(=O)c5cccn(Cc6ccc(C(F)(F)F)nc6)c5=O)ccc4n3)cc2F)CC1. The molecule has 0 spiro atoms. The Kier molecular flexibility index (Phi) is 10.1. The monoisotopic (exact) mass is 684 g/mol. The quantitative estimate of drug-likeness (QED) is 0.147. The third-order valence-corrected chi connectivity index (χ3v) is 8.19. The summed E-state index contributed by atoms with van der Waals surface area (Å²) in [5.74, 6) is 5.13.